The maximum atomic E-state index is 12.8. The van der Waals surface area contributed by atoms with Crippen molar-refractivity contribution in [3.05, 3.63) is 47.5 Å². The second-order valence-electron chi connectivity index (χ2n) is 7.14. The van der Waals surface area contributed by atoms with Gasteiger partial charge in [0.25, 0.3) is 0 Å². The number of hydrogen-bond donors (Lipinski definition) is 1. The number of alkyl halides is 6. The standard InChI is InChI=1S/C20H19Cl3F3NO5/c1-12(17(30)27-10-16(29)31-11-19(21,22)23)9-15(28)32-18(7-2-8-18)13-3-5-14(6-4-13)20(24,25)26/h3-6H,1-2,7-11H2,(H,27,30). The highest BCUT2D eigenvalue weighted by atomic mass is 35.6. The Morgan fingerprint density at radius 2 is 1.66 bits per heavy atom. The van der Waals surface area contributed by atoms with Crippen molar-refractivity contribution in [2.24, 2.45) is 0 Å². The van der Waals surface area contributed by atoms with Gasteiger partial charge >= 0.3 is 18.1 Å². The summed E-state index contributed by atoms with van der Waals surface area (Å²) in [4.78, 5) is 35.9. The van der Waals surface area contributed by atoms with Gasteiger partial charge in [-0.2, -0.15) is 13.2 Å². The van der Waals surface area contributed by atoms with Crippen LogP contribution < -0.4 is 5.32 Å². The number of nitrogens with one attached hydrogen (secondary N) is 1. The Balaban J connectivity index is 1.88. The molecule has 0 aromatic heterocycles. The van der Waals surface area contributed by atoms with E-state index in [1.54, 1.807) is 0 Å². The van der Waals surface area contributed by atoms with Gasteiger partial charge in [0, 0.05) is 5.57 Å². The maximum absolute atomic E-state index is 12.8. The van der Waals surface area contributed by atoms with Crippen molar-refractivity contribution in [3.8, 4) is 0 Å². The number of carbonyl (C=O) groups excluding carboxylic acids is 3. The summed E-state index contributed by atoms with van der Waals surface area (Å²) in [6.45, 7) is 2.44. The first-order chi connectivity index (χ1) is 14.7. The highest BCUT2D eigenvalue weighted by Crippen LogP contribution is 2.45. The summed E-state index contributed by atoms with van der Waals surface area (Å²) in [5, 5.41) is 2.21. The van der Waals surface area contributed by atoms with Gasteiger partial charge in [0.15, 0.2) is 0 Å². The summed E-state index contributed by atoms with van der Waals surface area (Å²) in [6, 6.07) is 4.41. The highest BCUT2D eigenvalue weighted by molar-refractivity contribution is 6.67. The van der Waals surface area contributed by atoms with E-state index in [1.807, 2.05) is 0 Å². The first kappa shape index (κ1) is 26.3. The van der Waals surface area contributed by atoms with E-state index in [0.29, 0.717) is 18.4 Å². The van der Waals surface area contributed by atoms with Crippen LogP contribution in [0.4, 0.5) is 13.2 Å². The molecule has 1 amide bonds. The van der Waals surface area contributed by atoms with E-state index in [4.69, 9.17) is 39.5 Å². The van der Waals surface area contributed by atoms with Crippen LogP contribution in [0.15, 0.2) is 36.4 Å². The summed E-state index contributed by atoms with van der Waals surface area (Å²) in [5.74, 6) is -2.43. The van der Waals surface area contributed by atoms with Crippen LogP contribution in [-0.2, 0) is 35.6 Å². The van der Waals surface area contributed by atoms with Gasteiger partial charge in [-0.3, -0.25) is 14.4 Å². The molecule has 176 valence electrons. The molecular weight excluding hydrogens is 498 g/mol. The molecule has 0 radical (unpaired) electrons. The molecule has 6 nitrogen and oxygen atoms in total. The lowest BCUT2D eigenvalue weighted by molar-refractivity contribution is -0.171. The Morgan fingerprint density at radius 3 is 2.12 bits per heavy atom. The SMILES string of the molecule is C=C(CC(=O)OC1(c2ccc(C(F)(F)F)cc2)CCC1)C(=O)NCC(=O)OCC(Cl)(Cl)Cl. The number of ether oxygens (including phenoxy) is 2. The molecule has 0 bridgehead atoms. The van der Waals surface area contributed by atoms with E-state index >= 15 is 0 Å². The predicted octanol–water partition coefficient (Wildman–Crippen LogP) is 4.60. The molecule has 0 heterocycles. The molecule has 1 fully saturated rings. The molecule has 1 aromatic rings. The van der Waals surface area contributed by atoms with Gasteiger partial charge in [-0.15, -0.1) is 0 Å². The Bertz CT molecular complexity index is 878. The van der Waals surface area contributed by atoms with Gasteiger partial charge in [0.1, 0.15) is 18.8 Å². The minimum Gasteiger partial charge on any atom is -0.460 e. The van der Waals surface area contributed by atoms with E-state index in [-0.39, 0.29) is 5.57 Å². The lowest BCUT2D eigenvalue weighted by atomic mass is 9.74. The fourth-order valence-corrected chi connectivity index (χ4v) is 3.07. The van der Waals surface area contributed by atoms with E-state index in [0.717, 1.165) is 18.6 Å². The van der Waals surface area contributed by atoms with Crippen LogP contribution in [0.25, 0.3) is 0 Å². The zero-order valence-electron chi connectivity index (χ0n) is 16.6. The molecule has 0 unspecified atom stereocenters. The summed E-state index contributed by atoms with van der Waals surface area (Å²) in [6.07, 6.45) is -3.33. The number of halogens is 6. The topological polar surface area (TPSA) is 81.7 Å². The third-order valence-corrected chi connectivity index (χ3v) is 5.01. The average Bonchev–Trinajstić information content (AvgIpc) is 2.66. The van der Waals surface area contributed by atoms with Crippen molar-refractivity contribution >= 4 is 52.6 Å². The molecule has 1 aliphatic carbocycles. The minimum absolute atomic E-state index is 0.175. The summed E-state index contributed by atoms with van der Waals surface area (Å²) in [5.41, 5.74) is -1.58. The molecule has 0 saturated heterocycles. The van der Waals surface area contributed by atoms with E-state index in [9.17, 15) is 27.6 Å². The number of carbonyl (C=O) groups is 3. The number of esters is 2. The van der Waals surface area contributed by atoms with Crippen LogP contribution in [0.2, 0.25) is 0 Å². The highest BCUT2D eigenvalue weighted by Gasteiger charge is 2.43. The smallest absolute Gasteiger partial charge is 0.416 e. The van der Waals surface area contributed by atoms with Crippen LogP contribution in [-0.4, -0.2) is 34.8 Å². The van der Waals surface area contributed by atoms with Gasteiger partial charge in [0.2, 0.25) is 9.70 Å². The number of benzene rings is 1. The monoisotopic (exact) mass is 515 g/mol. The van der Waals surface area contributed by atoms with E-state index in [2.05, 4.69) is 16.6 Å². The van der Waals surface area contributed by atoms with Gasteiger partial charge in [-0.05, 0) is 37.0 Å². The normalized spacial score (nSPS) is 15.3. The fourth-order valence-electron chi connectivity index (χ4n) is 2.91. The molecule has 1 saturated carbocycles. The molecular formula is C20H19Cl3F3NO5. The van der Waals surface area contributed by atoms with Gasteiger partial charge in [0.05, 0.1) is 12.0 Å². The van der Waals surface area contributed by atoms with Crippen molar-refractivity contribution in [2.45, 2.75) is 41.3 Å². The largest absolute Gasteiger partial charge is 0.460 e. The summed E-state index contributed by atoms with van der Waals surface area (Å²) >= 11 is 16.3. The molecule has 1 aliphatic rings. The lowest BCUT2D eigenvalue weighted by Crippen LogP contribution is -2.40. The average molecular weight is 517 g/mol. The van der Waals surface area contributed by atoms with Gasteiger partial charge in [-0.25, -0.2) is 0 Å². The first-order valence-corrected chi connectivity index (χ1v) is 10.4. The number of rotatable bonds is 8. The maximum Gasteiger partial charge on any atom is 0.416 e. The Labute approximate surface area is 197 Å². The molecule has 0 atom stereocenters. The van der Waals surface area contributed by atoms with Crippen molar-refractivity contribution in [1.29, 1.82) is 0 Å². The Morgan fingerprint density at radius 1 is 1.06 bits per heavy atom. The second-order valence-corrected chi connectivity index (χ2v) is 9.65. The molecule has 32 heavy (non-hydrogen) atoms. The van der Waals surface area contributed by atoms with Crippen LogP contribution in [0, 0.1) is 0 Å². The van der Waals surface area contributed by atoms with Gasteiger partial charge < -0.3 is 14.8 Å². The zero-order chi connectivity index (χ0) is 24.2. The van der Waals surface area contributed by atoms with Crippen LogP contribution >= 0.6 is 34.8 Å². The van der Waals surface area contributed by atoms with Crippen LogP contribution in [0.5, 0.6) is 0 Å². The molecule has 12 heteroatoms. The quantitative estimate of drug-likeness (QED) is 0.310. The van der Waals surface area contributed by atoms with Crippen molar-refractivity contribution in [1.82, 2.24) is 5.32 Å². The Kier molecular flexibility index (Phi) is 8.47. The van der Waals surface area contributed by atoms with Crippen LogP contribution in [0.1, 0.15) is 36.8 Å². The summed E-state index contributed by atoms with van der Waals surface area (Å²) in [7, 11) is 0. The molecule has 0 spiro atoms. The van der Waals surface area contributed by atoms with Crippen LogP contribution in [0.3, 0.4) is 0 Å². The fraction of sp³-hybridized carbons (Fsp3) is 0.450. The van der Waals surface area contributed by atoms with E-state index < -0.39 is 58.6 Å². The molecule has 0 aliphatic heterocycles. The third kappa shape index (κ3) is 7.56. The van der Waals surface area contributed by atoms with Gasteiger partial charge in [-0.1, -0.05) is 53.5 Å². The molecule has 1 N–H and O–H groups in total. The predicted molar refractivity (Wildman–Crippen MR) is 111 cm³/mol. The lowest BCUT2D eigenvalue weighted by Gasteiger charge is -2.41. The third-order valence-electron chi connectivity index (χ3n) is 4.68. The first-order valence-electron chi connectivity index (χ1n) is 9.30. The Hall–Kier alpha value is -1.97. The van der Waals surface area contributed by atoms with Crippen molar-refractivity contribution in [2.75, 3.05) is 13.2 Å². The molecule has 2 rings (SSSR count). The minimum atomic E-state index is -4.47. The van der Waals surface area contributed by atoms with Crippen molar-refractivity contribution in [3.63, 3.8) is 0 Å². The number of amides is 1. The van der Waals surface area contributed by atoms with Crippen molar-refractivity contribution < 1.29 is 37.0 Å². The zero-order valence-corrected chi connectivity index (χ0v) is 18.8. The summed E-state index contributed by atoms with van der Waals surface area (Å²) < 4.78 is 46.7. The number of hydrogen-bond acceptors (Lipinski definition) is 5. The second kappa shape index (κ2) is 10.3. The van der Waals surface area contributed by atoms with E-state index in [1.165, 1.54) is 12.1 Å². The molecule has 1 aromatic carbocycles.